The van der Waals surface area contributed by atoms with Crippen molar-refractivity contribution in [2.75, 3.05) is 17.7 Å². The van der Waals surface area contributed by atoms with Crippen LogP contribution < -0.4 is 16.5 Å². The summed E-state index contributed by atoms with van der Waals surface area (Å²) in [6.07, 6.45) is 5.41. The number of carbonyl (C=O) groups is 1. The first-order valence-corrected chi connectivity index (χ1v) is 10.2. The monoisotopic (exact) mass is 430 g/mol. The zero-order chi connectivity index (χ0) is 22.0. The molecule has 166 valence electrons. The molecule has 0 spiro atoms. The van der Waals surface area contributed by atoms with E-state index in [9.17, 15) is 15.0 Å². The lowest BCUT2D eigenvalue weighted by atomic mass is 9.96. The molecule has 4 rings (SSSR count). The number of nitrogen functional groups attached to an aromatic ring is 1. The number of ether oxygens (including phenoxy) is 1. The van der Waals surface area contributed by atoms with Gasteiger partial charge < -0.3 is 26.0 Å². The number of carbonyl (C=O) groups excluding carboxylic acids is 1. The number of hydrogen-bond acceptors (Lipinski definition) is 10. The highest BCUT2D eigenvalue weighted by Crippen LogP contribution is 2.32. The van der Waals surface area contributed by atoms with Crippen LogP contribution in [0.3, 0.4) is 0 Å². The number of nitrogens with zero attached hydrogens (tertiary/aromatic N) is 5. The normalized spacial score (nSPS) is 28.4. The Kier molecular flexibility index (Phi) is 6.11. The summed E-state index contributed by atoms with van der Waals surface area (Å²) in [6, 6.07) is 0. The summed E-state index contributed by atoms with van der Waals surface area (Å²) in [5.74, 6) is 0.112. The van der Waals surface area contributed by atoms with Crippen molar-refractivity contribution in [3.8, 4) is 0 Å². The van der Waals surface area contributed by atoms with Crippen LogP contribution in [0.4, 0.5) is 11.8 Å². The number of nitrogens with one attached hydrogen (secondary N) is 2. The maximum Gasteiger partial charge on any atom is 0.252 e. The van der Waals surface area contributed by atoms with Crippen molar-refractivity contribution in [3.05, 3.63) is 18.5 Å². The summed E-state index contributed by atoms with van der Waals surface area (Å²) >= 11 is 0. The zero-order valence-electron chi connectivity index (χ0n) is 17.0. The largest absolute Gasteiger partial charge is 0.387 e. The smallest absolute Gasteiger partial charge is 0.252 e. The van der Waals surface area contributed by atoms with Crippen LogP contribution in [0.1, 0.15) is 32.4 Å². The van der Waals surface area contributed by atoms with Crippen LogP contribution in [0, 0.1) is 5.92 Å². The van der Waals surface area contributed by atoms with Crippen LogP contribution in [0.15, 0.2) is 23.6 Å². The average molecular weight is 430 g/mol. The number of likely N-dealkylation sites (N-methyl/N-ethyl adjacent to an activating group) is 1. The highest BCUT2D eigenvalue weighted by atomic mass is 16.6. The first-order valence-electron chi connectivity index (χ1n) is 10.2. The number of fused-ring (bicyclic) bond motifs is 1. The molecule has 5 atom stereocenters. The number of aliphatic hydroxyl groups excluding tert-OH is 2. The van der Waals surface area contributed by atoms with Crippen molar-refractivity contribution in [2.45, 2.75) is 50.7 Å². The van der Waals surface area contributed by atoms with Gasteiger partial charge in [-0.2, -0.15) is 15.1 Å². The minimum absolute atomic E-state index is 0.121. The number of hydrogen-bond donors (Lipinski definition) is 5. The fourth-order valence-electron chi connectivity index (χ4n) is 3.71. The third-order valence-electron chi connectivity index (χ3n) is 5.33. The Labute approximate surface area is 178 Å². The standard InChI is InChI=1S/C19H26N8O4/c1-2-21-17(30)14-12(28)13(29)18(31-14)27-9-22-11-15(20)24-19(25-16(11)27)26-23-8-10-6-4-3-5-7-10/h3-4,8-10,12-14,18,28-29H,2,5-7H2,1H3,(H,21,30)(H3,20,24,25,26)/b23-8+/t10?,12-,13+,14-,18+/m0/s1. The van der Waals surface area contributed by atoms with E-state index in [4.69, 9.17) is 10.5 Å². The molecule has 1 saturated heterocycles. The minimum Gasteiger partial charge on any atom is -0.387 e. The molecule has 1 unspecified atom stereocenters. The number of imidazole rings is 1. The number of rotatable bonds is 6. The predicted octanol–water partition coefficient (Wildman–Crippen LogP) is -0.0822. The molecule has 2 aliphatic rings. The van der Waals surface area contributed by atoms with Crippen LogP contribution in [0.5, 0.6) is 0 Å². The molecule has 1 fully saturated rings. The van der Waals surface area contributed by atoms with Crippen LogP contribution in [0.2, 0.25) is 0 Å². The summed E-state index contributed by atoms with van der Waals surface area (Å²) in [4.78, 5) is 24.9. The Bertz CT molecular complexity index is 1010. The number of aromatic nitrogens is 4. The molecule has 12 nitrogen and oxygen atoms in total. The lowest BCUT2D eigenvalue weighted by Gasteiger charge is -2.16. The van der Waals surface area contributed by atoms with Gasteiger partial charge in [-0.25, -0.2) is 10.4 Å². The van der Waals surface area contributed by atoms with E-state index in [1.165, 1.54) is 10.9 Å². The molecule has 1 amide bonds. The third kappa shape index (κ3) is 4.22. The van der Waals surface area contributed by atoms with Gasteiger partial charge >= 0.3 is 0 Å². The van der Waals surface area contributed by atoms with Crippen LogP contribution in [0.25, 0.3) is 11.2 Å². The predicted molar refractivity (Wildman–Crippen MR) is 113 cm³/mol. The Morgan fingerprint density at radius 2 is 2.23 bits per heavy atom. The summed E-state index contributed by atoms with van der Waals surface area (Å²) in [6.45, 7) is 2.12. The molecule has 6 N–H and O–H groups in total. The van der Waals surface area contributed by atoms with Gasteiger partial charge in [0.15, 0.2) is 23.8 Å². The lowest BCUT2D eigenvalue weighted by molar-refractivity contribution is -0.137. The SMILES string of the molecule is CCNC(=O)[C@H]1O[C@@H](n2cnc3c(N)nc(N/N=C/C4CC=CCC4)nc32)[C@H](O)[C@@H]1O. The van der Waals surface area contributed by atoms with Gasteiger partial charge in [0.2, 0.25) is 5.95 Å². The molecule has 0 radical (unpaired) electrons. The van der Waals surface area contributed by atoms with Crippen molar-refractivity contribution < 1.29 is 19.7 Å². The maximum atomic E-state index is 12.1. The van der Waals surface area contributed by atoms with Crippen molar-refractivity contribution in [1.82, 2.24) is 24.8 Å². The highest BCUT2D eigenvalue weighted by Gasteiger charge is 2.47. The van der Waals surface area contributed by atoms with E-state index in [0.29, 0.717) is 18.0 Å². The topological polar surface area (TPSA) is 173 Å². The fraction of sp³-hybridized carbons (Fsp3) is 0.526. The van der Waals surface area contributed by atoms with Gasteiger partial charge in [-0.3, -0.25) is 9.36 Å². The number of allylic oxidation sites excluding steroid dienone is 2. The first kappa shape index (κ1) is 21.2. The van der Waals surface area contributed by atoms with E-state index in [-0.39, 0.29) is 17.4 Å². The molecule has 1 aliphatic heterocycles. The van der Waals surface area contributed by atoms with Crippen LogP contribution in [-0.2, 0) is 9.53 Å². The van der Waals surface area contributed by atoms with Gasteiger partial charge in [0.05, 0.1) is 6.33 Å². The molecule has 0 saturated carbocycles. The van der Waals surface area contributed by atoms with Gasteiger partial charge in [0.1, 0.15) is 17.7 Å². The molecule has 1 aliphatic carbocycles. The Hall–Kier alpha value is -3.09. The maximum absolute atomic E-state index is 12.1. The zero-order valence-corrected chi connectivity index (χ0v) is 17.0. The number of anilines is 2. The van der Waals surface area contributed by atoms with Gasteiger partial charge in [-0.15, -0.1) is 0 Å². The molecule has 3 heterocycles. The van der Waals surface area contributed by atoms with Gasteiger partial charge in [0, 0.05) is 12.8 Å². The van der Waals surface area contributed by atoms with Gasteiger partial charge in [-0.1, -0.05) is 12.2 Å². The van der Waals surface area contributed by atoms with Crippen molar-refractivity contribution >= 4 is 35.1 Å². The molecule has 2 aromatic heterocycles. The first-order chi connectivity index (χ1) is 15.0. The molecular formula is C19H26N8O4. The van der Waals surface area contributed by atoms with Crippen molar-refractivity contribution in [2.24, 2.45) is 11.0 Å². The summed E-state index contributed by atoms with van der Waals surface area (Å²) in [7, 11) is 0. The van der Waals surface area contributed by atoms with E-state index in [1.807, 2.05) is 6.21 Å². The molecule has 12 heteroatoms. The number of hydrazone groups is 1. The number of nitrogens with two attached hydrogens (primary N) is 1. The lowest BCUT2D eigenvalue weighted by Crippen LogP contribution is -2.42. The fourth-order valence-corrected chi connectivity index (χ4v) is 3.71. The van der Waals surface area contributed by atoms with Crippen molar-refractivity contribution in [1.29, 1.82) is 0 Å². The Balaban J connectivity index is 1.57. The van der Waals surface area contributed by atoms with Crippen molar-refractivity contribution in [3.63, 3.8) is 0 Å². The Morgan fingerprint density at radius 1 is 1.39 bits per heavy atom. The summed E-state index contributed by atoms with van der Waals surface area (Å²) in [5.41, 5.74) is 9.38. The second-order valence-electron chi connectivity index (χ2n) is 7.51. The van der Waals surface area contributed by atoms with E-state index < -0.39 is 30.4 Å². The quantitative estimate of drug-likeness (QED) is 0.238. The highest BCUT2D eigenvalue weighted by molar-refractivity contribution is 5.83. The average Bonchev–Trinajstić information content (AvgIpc) is 3.31. The third-order valence-corrected chi connectivity index (χ3v) is 5.33. The van der Waals surface area contributed by atoms with E-state index in [0.717, 1.165) is 19.3 Å². The number of amides is 1. The summed E-state index contributed by atoms with van der Waals surface area (Å²) in [5, 5.41) is 27.5. The van der Waals surface area contributed by atoms with E-state index in [1.54, 1.807) is 6.92 Å². The van der Waals surface area contributed by atoms with Gasteiger partial charge in [0.25, 0.3) is 5.91 Å². The molecule has 2 aromatic rings. The second-order valence-corrected chi connectivity index (χ2v) is 7.51. The molecule has 0 aromatic carbocycles. The number of aliphatic hydroxyl groups is 2. The van der Waals surface area contributed by atoms with Crippen LogP contribution in [-0.4, -0.2) is 66.7 Å². The van der Waals surface area contributed by atoms with Crippen LogP contribution >= 0.6 is 0 Å². The molecular weight excluding hydrogens is 404 g/mol. The molecule has 31 heavy (non-hydrogen) atoms. The second kappa shape index (κ2) is 8.96. The van der Waals surface area contributed by atoms with E-state index >= 15 is 0 Å². The minimum atomic E-state index is -1.40. The Morgan fingerprint density at radius 3 is 2.97 bits per heavy atom. The van der Waals surface area contributed by atoms with E-state index in [2.05, 4.69) is 42.9 Å². The molecule has 0 bridgehead atoms. The summed E-state index contributed by atoms with van der Waals surface area (Å²) < 4.78 is 7.06. The van der Waals surface area contributed by atoms with Gasteiger partial charge in [-0.05, 0) is 32.1 Å².